The Bertz CT molecular complexity index is 1170. The monoisotopic (exact) mass is 490 g/mol. The van der Waals surface area contributed by atoms with E-state index in [0.717, 1.165) is 40.4 Å². The lowest BCUT2D eigenvalue weighted by Crippen LogP contribution is -2.48. The van der Waals surface area contributed by atoms with Gasteiger partial charge in [-0.2, -0.15) is 0 Å². The van der Waals surface area contributed by atoms with Gasteiger partial charge in [0.1, 0.15) is 5.82 Å². The van der Waals surface area contributed by atoms with Gasteiger partial charge in [-0.1, -0.05) is 19.9 Å². The number of hydrogen-bond acceptors (Lipinski definition) is 5. The first-order valence-electron chi connectivity index (χ1n) is 13.6. The number of aryl methyl sites for hydroxylation is 1. The lowest BCUT2D eigenvalue weighted by Gasteiger charge is -2.42. The molecule has 0 aliphatic carbocycles. The van der Waals surface area contributed by atoms with E-state index in [1.54, 1.807) is 14.2 Å². The quantitative estimate of drug-likeness (QED) is 0.434. The number of aromatic nitrogens is 2. The van der Waals surface area contributed by atoms with E-state index < -0.39 is 0 Å². The van der Waals surface area contributed by atoms with Crippen molar-refractivity contribution in [1.82, 2.24) is 19.4 Å². The van der Waals surface area contributed by atoms with Crippen LogP contribution in [0.2, 0.25) is 0 Å². The number of benzene rings is 2. The highest BCUT2D eigenvalue weighted by molar-refractivity contribution is 5.81. The Balaban J connectivity index is 1.26. The normalized spacial score (nSPS) is 18.8. The molecule has 2 fully saturated rings. The number of rotatable bonds is 7. The second kappa shape index (κ2) is 10.8. The zero-order valence-corrected chi connectivity index (χ0v) is 22.7. The lowest BCUT2D eigenvalue weighted by atomic mass is 9.87. The summed E-state index contributed by atoms with van der Waals surface area (Å²) in [6.07, 6.45) is 5.16. The average molecular weight is 491 g/mol. The van der Waals surface area contributed by atoms with Crippen LogP contribution in [-0.2, 0) is 7.05 Å². The third kappa shape index (κ3) is 5.12. The van der Waals surface area contributed by atoms with Crippen molar-refractivity contribution in [3.63, 3.8) is 0 Å². The molecule has 0 spiro atoms. The number of methoxy groups -OCH3 is 2. The molecule has 6 nitrogen and oxygen atoms in total. The van der Waals surface area contributed by atoms with Gasteiger partial charge in [0.2, 0.25) is 0 Å². The number of hydrogen-bond donors (Lipinski definition) is 0. The maximum Gasteiger partial charge on any atom is 0.161 e. The van der Waals surface area contributed by atoms with E-state index in [1.165, 1.54) is 69.5 Å². The van der Waals surface area contributed by atoms with Crippen molar-refractivity contribution in [3.8, 4) is 22.9 Å². The minimum atomic E-state index is 0.631. The van der Waals surface area contributed by atoms with Crippen molar-refractivity contribution >= 4 is 11.0 Å². The predicted molar refractivity (Wildman–Crippen MR) is 147 cm³/mol. The molecule has 0 saturated carbocycles. The van der Waals surface area contributed by atoms with E-state index in [2.05, 4.69) is 53.5 Å². The highest BCUT2D eigenvalue weighted by Crippen LogP contribution is 2.35. The summed E-state index contributed by atoms with van der Waals surface area (Å²) in [5, 5.41) is 0. The van der Waals surface area contributed by atoms with Crippen molar-refractivity contribution in [2.45, 2.75) is 51.5 Å². The van der Waals surface area contributed by atoms with E-state index in [4.69, 9.17) is 14.5 Å². The minimum absolute atomic E-state index is 0.631. The Kier molecular flexibility index (Phi) is 7.54. The summed E-state index contributed by atoms with van der Waals surface area (Å²) in [4.78, 5) is 10.4. The van der Waals surface area contributed by atoms with Crippen LogP contribution >= 0.6 is 0 Å². The summed E-state index contributed by atoms with van der Waals surface area (Å²) in [5.74, 6) is 3.80. The first kappa shape index (κ1) is 25.1. The maximum atomic E-state index is 5.52. The fourth-order valence-electron chi connectivity index (χ4n) is 6.28. The molecular formula is C30H42N4O2. The van der Waals surface area contributed by atoms with E-state index in [-0.39, 0.29) is 0 Å². The van der Waals surface area contributed by atoms with Gasteiger partial charge >= 0.3 is 0 Å². The number of ether oxygens (including phenoxy) is 2. The molecule has 0 amide bonds. The lowest BCUT2D eigenvalue weighted by molar-refractivity contribution is 0.0828. The van der Waals surface area contributed by atoms with Gasteiger partial charge in [0.05, 0.1) is 25.3 Å². The fraction of sp³-hybridized carbons (Fsp3) is 0.567. The molecule has 1 aromatic heterocycles. The number of piperidine rings is 2. The highest BCUT2D eigenvalue weighted by Gasteiger charge is 2.29. The molecule has 6 heteroatoms. The van der Waals surface area contributed by atoms with Crippen LogP contribution in [0.25, 0.3) is 22.4 Å². The number of fused-ring (bicyclic) bond motifs is 1. The van der Waals surface area contributed by atoms with Crippen molar-refractivity contribution in [1.29, 1.82) is 0 Å². The molecule has 0 radical (unpaired) electrons. The van der Waals surface area contributed by atoms with Crippen LogP contribution in [-0.4, -0.2) is 72.3 Å². The van der Waals surface area contributed by atoms with Gasteiger partial charge < -0.3 is 23.8 Å². The summed E-state index contributed by atoms with van der Waals surface area (Å²) in [7, 11) is 5.44. The van der Waals surface area contributed by atoms with Crippen LogP contribution in [0.5, 0.6) is 11.5 Å². The van der Waals surface area contributed by atoms with E-state index in [1.807, 2.05) is 18.2 Å². The van der Waals surface area contributed by atoms with Crippen molar-refractivity contribution in [2.24, 2.45) is 13.0 Å². The van der Waals surface area contributed by atoms with Crippen LogP contribution < -0.4 is 9.47 Å². The molecule has 0 atom stereocenters. The van der Waals surface area contributed by atoms with Crippen LogP contribution in [0, 0.1) is 5.92 Å². The van der Waals surface area contributed by atoms with Crippen LogP contribution in [0.15, 0.2) is 36.4 Å². The smallest absolute Gasteiger partial charge is 0.161 e. The summed E-state index contributed by atoms with van der Waals surface area (Å²) in [6, 6.07) is 13.6. The molecule has 0 unspecified atom stereocenters. The SMILES string of the molecule is COc1ccc(-c2nc3ccc(C4CCN(C5CCN(CC(C)C)CC5)CC4)cc3n2C)cc1OC. The Morgan fingerprint density at radius 1 is 0.889 bits per heavy atom. The fourth-order valence-corrected chi connectivity index (χ4v) is 6.28. The molecule has 2 saturated heterocycles. The number of imidazole rings is 1. The van der Waals surface area contributed by atoms with Crippen molar-refractivity contribution < 1.29 is 9.47 Å². The molecule has 2 aliphatic heterocycles. The van der Waals surface area contributed by atoms with Gasteiger partial charge in [0, 0.05) is 25.2 Å². The first-order chi connectivity index (χ1) is 17.5. The summed E-state index contributed by atoms with van der Waals surface area (Å²) >= 11 is 0. The van der Waals surface area contributed by atoms with Crippen LogP contribution in [0.4, 0.5) is 0 Å². The zero-order valence-electron chi connectivity index (χ0n) is 22.7. The minimum Gasteiger partial charge on any atom is -0.493 e. The van der Waals surface area contributed by atoms with Gasteiger partial charge in [-0.25, -0.2) is 4.98 Å². The summed E-state index contributed by atoms with van der Waals surface area (Å²) < 4.78 is 13.1. The van der Waals surface area contributed by atoms with Crippen molar-refractivity contribution in [2.75, 3.05) is 46.9 Å². The van der Waals surface area contributed by atoms with Crippen LogP contribution in [0.3, 0.4) is 0 Å². The molecule has 3 heterocycles. The number of likely N-dealkylation sites (tertiary alicyclic amines) is 2. The average Bonchev–Trinajstić information content (AvgIpc) is 3.24. The summed E-state index contributed by atoms with van der Waals surface area (Å²) in [5.41, 5.74) is 4.71. The third-order valence-corrected chi connectivity index (χ3v) is 8.24. The molecule has 2 aromatic carbocycles. The zero-order chi connectivity index (χ0) is 25.2. The molecule has 2 aliphatic rings. The molecule has 194 valence electrons. The standard InChI is InChI=1S/C30H42N4O2/c1-21(2)20-33-14-12-25(13-15-33)34-16-10-22(11-17-34)23-6-8-26-27(18-23)32(3)30(31-26)24-7-9-28(35-4)29(19-24)36-5/h6-9,18-19,21-22,25H,10-17,20H2,1-5H3. The maximum absolute atomic E-state index is 5.52. The van der Waals surface area contributed by atoms with Gasteiger partial charge in [-0.3, -0.25) is 0 Å². The number of nitrogens with zero attached hydrogens (tertiary/aromatic N) is 4. The van der Waals surface area contributed by atoms with Gasteiger partial charge in [-0.15, -0.1) is 0 Å². The van der Waals surface area contributed by atoms with Gasteiger partial charge in [-0.05, 0) is 99.6 Å². The Labute approximate surface area is 216 Å². The Morgan fingerprint density at radius 2 is 1.61 bits per heavy atom. The van der Waals surface area contributed by atoms with E-state index in [9.17, 15) is 0 Å². The third-order valence-electron chi connectivity index (χ3n) is 8.24. The first-order valence-corrected chi connectivity index (χ1v) is 13.6. The second-order valence-electron chi connectivity index (χ2n) is 11.0. The van der Waals surface area contributed by atoms with E-state index >= 15 is 0 Å². The van der Waals surface area contributed by atoms with Crippen molar-refractivity contribution in [3.05, 3.63) is 42.0 Å². The van der Waals surface area contributed by atoms with Crippen LogP contribution in [0.1, 0.15) is 51.0 Å². The highest BCUT2D eigenvalue weighted by atomic mass is 16.5. The molecule has 3 aromatic rings. The predicted octanol–water partition coefficient (Wildman–Crippen LogP) is 5.56. The van der Waals surface area contributed by atoms with E-state index in [0.29, 0.717) is 5.92 Å². The largest absolute Gasteiger partial charge is 0.493 e. The molecule has 5 rings (SSSR count). The molecule has 0 bridgehead atoms. The Hall–Kier alpha value is -2.57. The molecular weight excluding hydrogens is 448 g/mol. The van der Waals surface area contributed by atoms with Gasteiger partial charge in [0.25, 0.3) is 0 Å². The summed E-state index contributed by atoms with van der Waals surface area (Å²) in [6.45, 7) is 10.9. The molecule has 0 N–H and O–H groups in total. The second-order valence-corrected chi connectivity index (χ2v) is 11.0. The Morgan fingerprint density at radius 3 is 2.28 bits per heavy atom. The molecule has 36 heavy (non-hydrogen) atoms. The topological polar surface area (TPSA) is 42.8 Å². The van der Waals surface area contributed by atoms with Gasteiger partial charge in [0.15, 0.2) is 11.5 Å².